The molecule has 1 amide bonds. The molecule has 1 aliphatic rings. The van der Waals surface area contributed by atoms with Gasteiger partial charge in [0.15, 0.2) is 5.69 Å². The van der Waals surface area contributed by atoms with Gasteiger partial charge < -0.3 is 4.90 Å². The number of hydrogen-bond acceptors (Lipinski definition) is 3. The number of halogens is 5. The summed E-state index contributed by atoms with van der Waals surface area (Å²) in [7, 11) is 0. The zero-order valence-corrected chi connectivity index (χ0v) is 17.8. The average Bonchev–Trinajstić information content (AvgIpc) is 3.38. The standard InChI is InChI=1S/C21H16ClF4N3OS/c1-3-17(30)29-10-15-12(8-16(22)31-15)19(29)11-6-5-7-14(23)18(11)13-9-28(4-2)27-20(13)21(24,25)26/h3,5-9,19H,1,4,10H2,2H3. The van der Waals surface area contributed by atoms with E-state index in [1.807, 2.05) is 0 Å². The number of rotatable bonds is 4. The fourth-order valence-electron chi connectivity index (χ4n) is 3.86. The molecule has 10 heteroatoms. The molecule has 0 saturated carbocycles. The maximum Gasteiger partial charge on any atom is 0.435 e. The average molecular weight is 470 g/mol. The van der Waals surface area contributed by atoms with E-state index in [0.717, 1.165) is 21.7 Å². The molecule has 1 unspecified atom stereocenters. The van der Waals surface area contributed by atoms with Crippen LogP contribution >= 0.6 is 22.9 Å². The molecule has 1 aromatic carbocycles. The summed E-state index contributed by atoms with van der Waals surface area (Å²) in [5, 5.41) is 3.61. The third-order valence-electron chi connectivity index (χ3n) is 5.15. The molecule has 1 atom stereocenters. The molecule has 3 aromatic rings. The van der Waals surface area contributed by atoms with Crippen molar-refractivity contribution in [3.8, 4) is 11.1 Å². The van der Waals surface area contributed by atoms with E-state index < -0.39 is 29.6 Å². The molecule has 4 nitrogen and oxygen atoms in total. The Hall–Kier alpha value is -2.65. The lowest BCUT2D eigenvalue weighted by molar-refractivity contribution is -0.141. The van der Waals surface area contributed by atoms with Gasteiger partial charge in [-0.3, -0.25) is 9.48 Å². The minimum atomic E-state index is -4.78. The molecule has 0 saturated heterocycles. The summed E-state index contributed by atoms with van der Waals surface area (Å²) < 4.78 is 57.9. The Balaban J connectivity index is 1.99. The monoisotopic (exact) mass is 469 g/mol. The van der Waals surface area contributed by atoms with Gasteiger partial charge >= 0.3 is 6.18 Å². The number of benzene rings is 1. The summed E-state index contributed by atoms with van der Waals surface area (Å²) in [5.41, 5.74) is -0.901. The van der Waals surface area contributed by atoms with Crippen molar-refractivity contribution in [1.82, 2.24) is 14.7 Å². The SMILES string of the molecule is C=CC(=O)N1Cc2sc(Cl)cc2C1c1cccc(F)c1-c1cn(CC)nc1C(F)(F)F. The lowest BCUT2D eigenvalue weighted by Gasteiger charge is -2.27. The van der Waals surface area contributed by atoms with Gasteiger partial charge in [-0.2, -0.15) is 18.3 Å². The van der Waals surface area contributed by atoms with E-state index in [1.54, 1.807) is 13.0 Å². The number of carbonyl (C=O) groups excluding carboxylic acids is 1. The van der Waals surface area contributed by atoms with Gasteiger partial charge in [0.05, 0.1) is 16.9 Å². The van der Waals surface area contributed by atoms with Gasteiger partial charge in [0.1, 0.15) is 5.82 Å². The number of amides is 1. The van der Waals surface area contributed by atoms with E-state index in [2.05, 4.69) is 11.7 Å². The van der Waals surface area contributed by atoms with E-state index in [9.17, 15) is 18.0 Å². The van der Waals surface area contributed by atoms with Crippen LogP contribution in [-0.4, -0.2) is 20.6 Å². The number of alkyl halides is 3. The van der Waals surface area contributed by atoms with Crippen molar-refractivity contribution < 1.29 is 22.4 Å². The quantitative estimate of drug-likeness (QED) is 0.344. The van der Waals surface area contributed by atoms with Crippen molar-refractivity contribution in [3.63, 3.8) is 0 Å². The van der Waals surface area contributed by atoms with Crippen molar-refractivity contribution in [1.29, 1.82) is 0 Å². The van der Waals surface area contributed by atoms with Crippen molar-refractivity contribution in [3.05, 3.63) is 75.0 Å². The minimum Gasteiger partial charge on any atom is -0.323 e. The third kappa shape index (κ3) is 3.65. The first kappa shape index (κ1) is 21.6. The normalized spacial score (nSPS) is 15.9. The highest BCUT2D eigenvalue weighted by Gasteiger charge is 2.41. The fourth-order valence-corrected chi connectivity index (χ4v) is 5.17. The molecule has 0 radical (unpaired) electrons. The Bertz CT molecular complexity index is 1180. The van der Waals surface area contributed by atoms with Gasteiger partial charge in [0.25, 0.3) is 0 Å². The topological polar surface area (TPSA) is 38.1 Å². The highest BCUT2D eigenvalue weighted by Crippen LogP contribution is 2.48. The molecular formula is C21H16ClF4N3OS. The molecule has 2 aromatic heterocycles. The number of aryl methyl sites for hydroxylation is 1. The Kier molecular flexibility index (Phi) is 5.43. The Morgan fingerprint density at radius 1 is 1.39 bits per heavy atom. The van der Waals surface area contributed by atoms with Crippen molar-refractivity contribution in [2.24, 2.45) is 0 Å². The molecule has 3 heterocycles. The van der Waals surface area contributed by atoms with E-state index in [-0.39, 0.29) is 29.8 Å². The van der Waals surface area contributed by atoms with Crippen LogP contribution < -0.4 is 0 Å². The van der Waals surface area contributed by atoms with Crippen LogP contribution in [0.1, 0.15) is 34.7 Å². The molecule has 0 bridgehead atoms. The highest BCUT2D eigenvalue weighted by molar-refractivity contribution is 7.16. The number of aromatic nitrogens is 2. The molecule has 0 N–H and O–H groups in total. The Morgan fingerprint density at radius 2 is 2.13 bits per heavy atom. The number of hydrogen-bond donors (Lipinski definition) is 0. The summed E-state index contributed by atoms with van der Waals surface area (Å²) in [5.74, 6) is -1.25. The van der Waals surface area contributed by atoms with Crippen molar-refractivity contribution in [2.75, 3.05) is 0 Å². The van der Waals surface area contributed by atoms with Crippen LogP contribution in [0.25, 0.3) is 11.1 Å². The van der Waals surface area contributed by atoms with Gasteiger partial charge in [0.2, 0.25) is 5.91 Å². The van der Waals surface area contributed by atoms with Crippen molar-refractivity contribution in [2.45, 2.75) is 32.2 Å². The second-order valence-electron chi connectivity index (χ2n) is 6.95. The van der Waals surface area contributed by atoms with Gasteiger partial charge in [-0.15, -0.1) is 11.3 Å². The minimum absolute atomic E-state index is 0.182. The summed E-state index contributed by atoms with van der Waals surface area (Å²) >= 11 is 7.42. The van der Waals surface area contributed by atoms with E-state index >= 15 is 4.39 Å². The van der Waals surface area contributed by atoms with Crippen LogP contribution in [0.15, 0.2) is 43.1 Å². The second kappa shape index (κ2) is 7.80. The molecule has 0 fully saturated rings. The highest BCUT2D eigenvalue weighted by atomic mass is 35.5. The van der Waals surface area contributed by atoms with Crippen molar-refractivity contribution >= 4 is 28.8 Å². The van der Waals surface area contributed by atoms with Gasteiger partial charge in [-0.05, 0) is 36.3 Å². The molecule has 162 valence electrons. The summed E-state index contributed by atoms with van der Waals surface area (Å²) in [4.78, 5) is 14.8. The van der Waals surface area contributed by atoms with Crippen LogP contribution in [0.3, 0.4) is 0 Å². The van der Waals surface area contributed by atoms with Gasteiger partial charge in [-0.25, -0.2) is 4.39 Å². The number of fused-ring (bicyclic) bond motifs is 1. The molecule has 0 aliphatic carbocycles. The maximum atomic E-state index is 15.1. The predicted molar refractivity (Wildman–Crippen MR) is 110 cm³/mol. The lowest BCUT2D eigenvalue weighted by Crippen LogP contribution is -2.29. The first-order valence-electron chi connectivity index (χ1n) is 9.30. The van der Waals surface area contributed by atoms with Crippen LogP contribution in [0.2, 0.25) is 4.34 Å². The van der Waals surface area contributed by atoms with E-state index in [1.165, 1.54) is 34.6 Å². The fraction of sp³-hybridized carbons (Fsp3) is 0.238. The van der Waals surface area contributed by atoms with Gasteiger partial charge in [0, 0.05) is 28.7 Å². The van der Waals surface area contributed by atoms with Gasteiger partial charge in [-0.1, -0.05) is 30.3 Å². The molecular weight excluding hydrogens is 454 g/mol. The predicted octanol–water partition coefficient (Wildman–Crippen LogP) is 6.06. The second-order valence-corrected chi connectivity index (χ2v) is 8.72. The summed E-state index contributed by atoms with van der Waals surface area (Å²) in [6.07, 6.45) is -2.47. The largest absolute Gasteiger partial charge is 0.435 e. The smallest absolute Gasteiger partial charge is 0.323 e. The zero-order chi connectivity index (χ0) is 22.5. The first-order valence-corrected chi connectivity index (χ1v) is 10.5. The summed E-state index contributed by atoms with van der Waals surface area (Å²) in [6, 6.07) is 4.89. The maximum absolute atomic E-state index is 15.1. The Labute approximate surface area is 184 Å². The molecule has 4 rings (SSSR count). The number of carbonyl (C=O) groups is 1. The summed E-state index contributed by atoms with van der Waals surface area (Å²) in [6.45, 7) is 5.54. The number of nitrogens with zero attached hydrogens (tertiary/aromatic N) is 3. The van der Waals surface area contributed by atoms with Crippen LogP contribution in [-0.2, 0) is 24.1 Å². The molecule has 1 aliphatic heterocycles. The van der Waals surface area contributed by atoms with E-state index in [0.29, 0.717) is 9.90 Å². The molecule has 31 heavy (non-hydrogen) atoms. The van der Waals surface area contributed by atoms with Crippen LogP contribution in [0.4, 0.5) is 17.6 Å². The van der Waals surface area contributed by atoms with Crippen LogP contribution in [0, 0.1) is 5.82 Å². The first-order chi connectivity index (χ1) is 14.7. The Morgan fingerprint density at radius 3 is 2.77 bits per heavy atom. The third-order valence-corrected chi connectivity index (χ3v) is 6.42. The van der Waals surface area contributed by atoms with E-state index in [4.69, 9.17) is 11.6 Å². The molecule has 0 spiro atoms. The number of thiophene rings is 1. The van der Waals surface area contributed by atoms with Crippen LogP contribution in [0.5, 0.6) is 0 Å². The lowest BCUT2D eigenvalue weighted by atomic mass is 9.91. The zero-order valence-electron chi connectivity index (χ0n) is 16.2.